The summed E-state index contributed by atoms with van der Waals surface area (Å²) in [6.07, 6.45) is 2.32. The maximum atomic E-state index is 14.5. The number of nitrogens with one attached hydrogen (secondary N) is 9. The number of rotatable bonds is 33. The molecule has 3 aromatic rings. The minimum Gasteiger partial charge on any atom is -0.508 e. The van der Waals surface area contributed by atoms with Gasteiger partial charge in [0.1, 0.15) is 17.5 Å². The lowest BCUT2D eigenvalue weighted by atomic mass is 9.90. The van der Waals surface area contributed by atoms with Crippen molar-refractivity contribution in [1.82, 2.24) is 67.7 Å². The number of urea groups is 2. The highest BCUT2D eigenvalue weighted by molar-refractivity contribution is 5.93. The molecule has 0 saturated carbocycles. The van der Waals surface area contributed by atoms with Gasteiger partial charge >= 0.3 is 30.0 Å². The second kappa shape index (κ2) is 40.3. The van der Waals surface area contributed by atoms with Crippen molar-refractivity contribution in [1.29, 1.82) is 0 Å². The van der Waals surface area contributed by atoms with Gasteiger partial charge in [0.05, 0.1) is 38.7 Å². The van der Waals surface area contributed by atoms with Crippen LogP contribution in [0.4, 0.5) is 9.59 Å². The largest absolute Gasteiger partial charge is 0.508 e. The molecule has 0 radical (unpaired) electrons. The maximum Gasteiger partial charge on any atom is 0.344 e. The number of carboxylic acids is 3. The second-order valence-electron chi connectivity index (χ2n) is 20.6. The lowest BCUT2D eigenvalue weighted by Crippen LogP contribution is -2.50. The molecule has 15 N–H and O–H groups in total. The van der Waals surface area contributed by atoms with Gasteiger partial charge < -0.3 is 68.1 Å². The first-order chi connectivity index (χ1) is 42.3. The number of phenolic OH excluding ortho intramolecular Hbond substituents is 1. The number of aliphatic imine (C=N–C) groups is 1. The molecule has 3 aromatic carbocycles. The van der Waals surface area contributed by atoms with E-state index in [2.05, 4.69) is 53.1 Å². The summed E-state index contributed by atoms with van der Waals surface area (Å²) in [6.45, 7) is 3.77. The van der Waals surface area contributed by atoms with Gasteiger partial charge in [-0.25, -0.2) is 15.0 Å². The van der Waals surface area contributed by atoms with Crippen LogP contribution in [0.2, 0.25) is 0 Å². The minimum atomic E-state index is -1.07. The zero-order valence-corrected chi connectivity index (χ0v) is 49.6. The third-order valence-electron chi connectivity index (χ3n) is 13.6. The molecule has 9 amide bonds. The highest BCUT2D eigenvalue weighted by Crippen LogP contribution is 2.28. The number of hydrazine groups is 1. The van der Waals surface area contributed by atoms with E-state index in [1.807, 2.05) is 18.2 Å². The van der Waals surface area contributed by atoms with Crippen LogP contribution < -0.4 is 58.5 Å². The van der Waals surface area contributed by atoms with Crippen LogP contribution in [0.1, 0.15) is 74.5 Å². The monoisotopic (exact) mass is 1230 g/mol. The summed E-state index contributed by atoms with van der Waals surface area (Å²) in [5.74, 6) is -5.69. The molecule has 2 atom stereocenters. The number of aromatic hydroxyl groups is 1. The number of ether oxygens (including phenoxy) is 1. The van der Waals surface area contributed by atoms with Crippen LogP contribution in [0.3, 0.4) is 0 Å². The molecule has 30 nitrogen and oxygen atoms in total. The van der Waals surface area contributed by atoms with Gasteiger partial charge in [0.2, 0.25) is 29.5 Å². The van der Waals surface area contributed by atoms with Crippen LogP contribution >= 0.6 is 0 Å². The molecule has 30 heteroatoms. The number of amides is 9. The first-order valence-electron chi connectivity index (χ1n) is 29.2. The third kappa shape index (κ3) is 30.3. The van der Waals surface area contributed by atoms with E-state index in [9.17, 15) is 68.4 Å². The van der Waals surface area contributed by atoms with Crippen molar-refractivity contribution >= 4 is 65.5 Å². The van der Waals surface area contributed by atoms with Crippen LogP contribution in [0, 0.1) is 0 Å². The molecule has 88 heavy (non-hydrogen) atoms. The molecule has 0 unspecified atom stereocenters. The predicted molar refractivity (Wildman–Crippen MR) is 322 cm³/mol. The average molecular weight is 1230 g/mol. The van der Waals surface area contributed by atoms with Gasteiger partial charge in [0.25, 0.3) is 0 Å². The number of aliphatic carboxylic acids is 3. The zero-order chi connectivity index (χ0) is 64.1. The van der Waals surface area contributed by atoms with Crippen molar-refractivity contribution in [3.63, 3.8) is 0 Å². The highest BCUT2D eigenvalue weighted by Gasteiger charge is 2.29. The molecular weight excluding hydrogens is 1150 g/mol. The normalized spacial score (nSPS) is 14.4. The fraction of sp³-hybridized carbons (Fsp3) is 0.500. The molecule has 1 aliphatic rings. The summed E-state index contributed by atoms with van der Waals surface area (Å²) >= 11 is 0. The van der Waals surface area contributed by atoms with E-state index in [-0.39, 0.29) is 148 Å². The Balaban J connectivity index is 1.23. The Morgan fingerprint density at radius 3 is 1.72 bits per heavy atom. The van der Waals surface area contributed by atoms with Crippen molar-refractivity contribution in [2.24, 2.45) is 10.7 Å². The summed E-state index contributed by atoms with van der Waals surface area (Å²) < 4.78 is 6.07. The van der Waals surface area contributed by atoms with Crippen LogP contribution in [-0.4, -0.2) is 229 Å². The topological polar surface area (TPSA) is 420 Å². The fourth-order valence-electron chi connectivity index (χ4n) is 8.96. The number of nitrogens with zero attached hydrogens (tertiary/aromatic N) is 5. The molecule has 4 rings (SSSR count). The number of guanidine groups is 1. The van der Waals surface area contributed by atoms with Crippen molar-refractivity contribution in [3.8, 4) is 11.5 Å². The smallest absolute Gasteiger partial charge is 0.344 e. The Hall–Kier alpha value is -9.13. The van der Waals surface area contributed by atoms with Crippen molar-refractivity contribution < 1.29 is 73.1 Å². The van der Waals surface area contributed by atoms with Crippen molar-refractivity contribution in [2.45, 2.75) is 70.4 Å². The zero-order valence-electron chi connectivity index (χ0n) is 49.6. The summed E-state index contributed by atoms with van der Waals surface area (Å²) in [5.41, 5.74) is 12.4. The van der Waals surface area contributed by atoms with E-state index in [4.69, 9.17) is 10.5 Å². The molecule has 1 saturated heterocycles. The SMILES string of the molecule is CCC(=O)NCCNC(=O)/N=C(/N)NCCCC[C@@H](NC(=O)[C@@H](c1ccccc1)c1cccc(OCCCCNC(=O)NNC(=O)CCNC(=O)CN2CCN(CC(=O)O)CCN(CC(=O)O)CCN(CC(=O)O)CC2)c1)C(=O)NCc1ccc(O)cc1. The number of benzene rings is 3. The summed E-state index contributed by atoms with van der Waals surface area (Å²) in [6, 6.07) is 20.1. The van der Waals surface area contributed by atoms with E-state index in [0.717, 1.165) is 5.56 Å². The molecule has 1 aliphatic heterocycles. The number of hydrogen-bond acceptors (Lipinski definition) is 16. The predicted octanol–water partition coefficient (Wildman–Crippen LogP) is -0.893. The molecule has 0 spiro atoms. The van der Waals surface area contributed by atoms with Crippen LogP contribution in [-0.2, 0) is 44.9 Å². The van der Waals surface area contributed by atoms with E-state index in [1.165, 1.54) is 12.1 Å². The Morgan fingerprint density at radius 2 is 1.11 bits per heavy atom. The number of hydrogen-bond donors (Lipinski definition) is 14. The number of phenols is 1. The number of carboxylic acid groups (broad SMARTS) is 3. The Kier molecular flexibility index (Phi) is 32.7. The fourth-order valence-corrected chi connectivity index (χ4v) is 8.96. The molecule has 0 bridgehead atoms. The first-order valence-corrected chi connectivity index (χ1v) is 29.2. The number of nitrogens with two attached hydrogens (primary N) is 1. The van der Waals surface area contributed by atoms with Gasteiger partial charge in [-0.15, -0.1) is 0 Å². The number of carbonyl (C=O) groups is 10. The second-order valence-corrected chi connectivity index (χ2v) is 20.6. The summed E-state index contributed by atoms with van der Waals surface area (Å²) in [4.78, 5) is 135. The van der Waals surface area contributed by atoms with E-state index in [0.29, 0.717) is 55.5 Å². The van der Waals surface area contributed by atoms with Gasteiger partial charge in [0, 0.05) is 104 Å². The number of carbonyl (C=O) groups excluding carboxylic acids is 7. The average Bonchev–Trinajstić information content (AvgIpc) is 2.30. The molecule has 0 aliphatic carbocycles. The lowest BCUT2D eigenvalue weighted by molar-refractivity contribution is -0.140. The van der Waals surface area contributed by atoms with E-state index >= 15 is 0 Å². The number of unbranched alkanes of at least 4 members (excludes halogenated alkanes) is 2. The summed E-state index contributed by atoms with van der Waals surface area (Å²) in [7, 11) is 0. The van der Waals surface area contributed by atoms with Crippen LogP contribution in [0.15, 0.2) is 83.9 Å². The molecule has 0 aromatic heterocycles. The Labute approximate surface area is 510 Å². The first kappa shape index (κ1) is 71.4. The highest BCUT2D eigenvalue weighted by atomic mass is 16.5. The van der Waals surface area contributed by atoms with Gasteiger partial charge in [0.15, 0.2) is 5.96 Å². The van der Waals surface area contributed by atoms with Gasteiger partial charge in [-0.05, 0) is 73.1 Å². The summed E-state index contributed by atoms with van der Waals surface area (Å²) in [5, 5.41) is 57.3. The molecular formula is C58H85N15O15. The van der Waals surface area contributed by atoms with Gasteiger partial charge in [-0.3, -0.25) is 63.4 Å². The third-order valence-corrected chi connectivity index (χ3v) is 13.6. The minimum absolute atomic E-state index is 0.0732. The van der Waals surface area contributed by atoms with E-state index < -0.39 is 65.6 Å². The van der Waals surface area contributed by atoms with Crippen LogP contribution in [0.25, 0.3) is 0 Å². The maximum absolute atomic E-state index is 14.5. The van der Waals surface area contributed by atoms with Crippen LogP contribution in [0.5, 0.6) is 11.5 Å². The van der Waals surface area contributed by atoms with E-state index in [1.54, 1.807) is 75.1 Å². The Morgan fingerprint density at radius 1 is 0.557 bits per heavy atom. The Bertz CT molecular complexity index is 2730. The van der Waals surface area contributed by atoms with Gasteiger partial charge in [-0.1, -0.05) is 61.5 Å². The van der Waals surface area contributed by atoms with Crippen molar-refractivity contribution in [2.75, 3.05) is 118 Å². The lowest BCUT2D eigenvalue weighted by Gasteiger charge is -2.32. The van der Waals surface area contributed by atoms with Crippen molar-refractivity contribution in [3.05, 3.63) is 95.6 Å². The quantitative estimate of drug-likeness (QED) is 0.0152. The molecule has 1 heterocycles. The van der Waals surface area contributed by atoms with Gasteiger partial charge in [-0.2, -0.15) is 4.99 Å². The molecule has 482 valence electrons. The molecule has 1 fully saturated rings. The standard InChI is InChI=1S/C58H85N15O15/c1-2-47(75)61-24-25-64-57(86)67-56(59)62-21-7-6-15-46(54(84)65-36-41-16-18-44(74)19-17-41)66-55(85)53(42-11-4-3-5-12-42)43-13-10-14-45(35-43)88-34-9-8-22-63-58(87)69-68-48(76)20-23-60-49(77)37-70-26-28-71(38-50(78)79)30-32-73(40-52(82)83)33-31-72(29-27-70)39-51(80)81/h3-5,10-14,16-19,35,46,53,74H,2,6-9,15,20-34,36-40H2,1H3,(H,60,77)(H,61,75)(H,65,84)(H,66,85)(H,68,76)(H,78,79)(H,80,81)(H,82,83)(H2,63,69,87)(H4,59,62,64,67,86)/t46-,53+/m1/s1.